The van der Waals surface area contributed by atoms with Crippen LogP contribution >= 0.6 is 23.2 Å². The summed E-state index contributed by atoms with van der Waals surface area (Å²) in [6.07, 6.45) is 7.45. The Hall–Kier alpha value is -2.18. The molecule has 2 N–H and O–H groups in total. The van der Waals surface area contributed by atoms with E-state index in [1.807, 2.05) is 6.92 Å². The molecule has 1 aromatic carbocycles. The first kappa shape index (κ1) is 19.6. The number of rotatable bonds is 3. The normalized spacial score (nSPS) is 14.6. The highest BCUT2D eigenvalue weighted by atomic mass is 35.5. The number of hydrogen-bond donors (Lipinski definition) is 2. The zero-order valence-electron chi connectivity index (χ0n) is 14.9. The van der Waals surface area contributed by atoms with Gasteiger partial charge < -0.3 is 0 Å². The number of benzene rings is 1. The number of imide groups is 1. The summed E-state index contributed by atoms with van der Waals surface area (Å²) in [5, 5.41) is 5.05. The van der Waals surface area contributed by atoms with Gasteiger partial charge in [-0.1, -0.05) is 48.5 Å². The van der Waals surface area contributed by atoms with Gasteiger partial charge in [-0.25, -0.2) is 9.78 Å². The Morgan fingerprint density at radius 3 is 2.41 bits per heavy atom. The summed E-state index contributed by atoms with van der Waals surface area (Å²) in [4.78, 5) is 33.3. The van der Waals surface area contributed by atoms with Crippen LogP contribution in [-0.4, -0.2) is 21.9 Å². The summed E-state index contributed by atoms with van der Waals surface area (Å²) in [7, 11) is 0. The predicted octanol–water partition coefficient (Wildman–Crippen LogP) is 5.10. The molecule has 1 aliphatic carbocycles. The fourth-order valence-corrected chi connectivity index (χ4v) is 3.93. The van der Waals surface area contributed by atoms with Gasteiger partial charge in [0.15, 0.2) is 5.82 Å². The van der Waals surface area contributed by atoms with Gasteiger partial charge in [-0.2, -0.15) is 0 Å². The number of urea groups is 1. The number of amides is 3. The van der Waals surface area contributed by atoms with Gasteiger partial charge in [0.25, 0.3) is 5.91 Å². The second-order valence-corrected chi connectivity index (χ2v) is 7.38. The summed E-state index contributed by atoms with van der Waals surface area (Å²) in [5.41, 5.74) is 1.82. The van der Waals surface area contributed by atoms with E-state index < -0.39 is 11.9 Å². The van der Waals surface area contributed by atoms with E-state index in [0.717, 1.165) is 24.2 Å². The average molecular weight is 407 g/mol. The Bertz CT molecular complexity index is 847. The van der Waals surface area contributed by atoms with Crippen LogP contribution in [0, 0.1) is 6.92 Å². The highest BCUT2D eigenvalue weighted by Gasteiger charge is 2.21. The maximum absolute atomic E-state index is 12.2. The minimum Gasteiger partial charge on any atom is -0.291 e. The number of hydrogen-bond acceptors (Lipinski definition) is 4. The largest absolute Gasteiger partial charge is 0.327 e. The number of anilines is 1. The number of nitrogens with zero attached hydrogens (tertiary/aromatic N) is 2. The smallest absolute Gasteiger partial charge is 0.291 e. The standard InChI is InChI=1S/C19H20Cl2N4O2/c1-11-17(12-6-3-2-4-7-12)22-10-15(23-11)24-19(27)25-18(26)16-13(20)8-5-9-14(16)21/h5,8-10,12H,2-4,6-7H2,1H3,(H2,23,24,25,26,27). The molecule has 6 nitrogen and oxygen atoms in total. The van der Waals surface area contributed by atoms with E-state index in [1.54, 1.807) is 6.07 Å². The molecule has 0 saturated heterocycles. The lowest BCUT2D eigenvalue weighted by Crippen LogP contribution is -2.35. The Morgan fingerprint density at radius 2 is 1.78 bits per heavy atom. The van der Waals surface area contributed by atoms with Crippen molar-refractivity contribution < 1.29 is 9.59 Å². The molecule has 0 unspecified atom stereocenters. The van der Waals surface area contributed by atoms with E-state index in [9.17, 15) is 9.59 Å². The van der Waals surface area contributed by atoms with Crippen molar-refractivity contribution in [3.8, 4) is 0 Å². The molecule has 27 heavy (non-hydrogen) atoms. The third-order valence-electron chi connectivity index (χ3n) is 4.64. The van der Waals surface area contributed by atoms with Gasteiger partial charge in [-0.05, 0) is 31.9 Å². The third kappa shape index (κ3) is 4.76. The molecule has 8 heteroatoms. The van der Waals surface area contributed by atoms with E-state index in [-0.39, 0.29) is 21.4 Å². The van der Waals surface area contributed by atoms with Crippen LogP contribution in [0.15, 0.2) is 24.4 Å². The molecule has 1 heterocycles. The lowest BCUT2D eigenvalue weighted by Gasteiger charge is -2.22. The Balaban J connectivity index is 1.65. The highest BCUT2D eigenvalue weighted by molar-refractivity contribution is 6.40. The van der Waals surface area contributed by atoms with Crippen molar-refractivity contribution in [3.63, 3.8) is 0 Å². The summed E-state index contributed by atoms with van der Waals surface area (Å²) < 4.78 is 0. The van der Waals surface area contributed by atoms with Crippen molar-refractivity contribution in [2.24, 2.45) is 0 Å². The predicted molar refractivity (Wildman–Crippen MR) is 106 cm³/mol. The molecule has 0 aliphatic heterocycles. The van der Waals surface area contributed by atoms with Crippen LogP contribution in [0.3, 0.4) is 0 Å². The zero-order valence-corrected chi connectivity index (χ0v) is 16.4. The summed E-state index contributed by atoms with van der Waals surface area (Å²) >= 11 is 12.0. The monoisotopic (exact) mass is 406 g/mol. The van der Waals surface area contributed by atoms with Crippen LogP contribution < -0.4 is 10.6 Å². The molecule has 3 rings (SSSR count). The van der Waals surface area contributed by atoms with Crippen molar-refractivity contribution in [2.45, 2.75) is 44.9 Å². The second-order valence-electron chi connectivity index (χ2n) is 6.57. The Morgan fingerprint density at radius 1 is 1.11 bits per heavy atom. The summed E-state index contributed by atoms with van der Waals surface area (Å²) in [6.45, 7) is 1.88. The Kier molecular flexibility index (Phi) is 6.29. The first-order valence-corrected chi connectivity index (χ1v) is 9.61. The first-order chi connectivity index (χ1) is 13.0. The van der Waals surface area contributed by atoms with E-state index in [0.29, 0.717) is 5.92 Å². The molecule has 0 bridgehead atoms. The number of aryl methyl sites for hydroxylation is 1. The SMILES string of the molecule is Cc1nc(NC(=O)NC(=O)c2c(Cl)cccc2Cl)cnc1C1CCCCC1. The average Bonchev–Trinajstić information content (AvgIpc) is 2.62. The molecular weight excluding hydrogens is 387 g/mol. The molecule has 0 radical (unpaired) electrons. The number of halogens is 2. The van der Waals surface area contributed by atoms with E-state index in [2.05, 4.69) is 20.6 Å². The first-order valence-electron chi connectivity index (χ1n) is 8.85. The Labute approximate surface area is 167 Å². The van der Waals surface area contributed by atoms with Crippen molar-refractivity contribution in [1.29, 1.82) is 0 Å². The van der Waals surface area contributed by atoms with Gasteiger partial charge in [0, 0.05) is 5.92 Å². The van der Waals surface area contributed by atoms with Gasteiger partial charge in [-0.15, -0.1) is 0 Å². The second kappa shape index (κ2) is 8.67. The van der Waals surface area contributed by atoms with Crippen molar-refractivity contribution in [1.82, 2.24) is 15.3 Å². The molecule has 0 spiro atoms. The molecule has 0 atom stereocenters. The number of carbonyl (C=O) groups is 2. The van der Waals surface area contributed by atoms with Crippen molar-refractivity contribution in [3.05, 3.63) is 51.4 Å². The maximum atomic E-state index is 12.2. The third-order valence-corrected chi connectivity index (χ3v) is 5.27. The van der Waals surface area contributed by atoms with Gasteiger partial charge >= 0.3 is 6.03 Å². The van der Waals surface area contributed by atoms with Crippen molar-refractivity contribution in [2.75, 3.05) is 5.32 Å². The highest BCUT2D eigenvalue weighted by Crippen LogP contribution is 2.32. The number of aromatic nitrogens is 2. The molecule has 1 fully saturated rings. The summed E-state index contributed by atoms with van der Waals surface area (Å²) in [5.74, 6) is 0.0206. The van der Waals surface area contributed by atoms with Gasteiger partial charge in [0.1, 0.15) is 0 Å². The molecule has 3 amide bonds. The quantitative estimate of drug-likeness (QED) is 0.741. The van der Waals surface area contributed by atoms with Gasteiger partial charge in [0.05, 0.1) is 33.2 Å². The van der Waals surface area contributed by atoms with Crippen LogP contribution in [0.5, 0.6) is 0 Å². The van der Waals surface area contributed by atoms with Crippen LogP contribution in [0.25, 0.3) is 0 Å². The lowest BCUT2D eigenvalue weighted by atomic mass is 9.86. The minimum absolute atomic E-state index is 0.0471. The molecular formula is C19H20Cl2N4O2. The van der Waals surface area contributed by atoms with Gasteiger partial charge in [0.2, 0.25) is 0 Å². The fourth-order valence-electron chi connectivity index (χ4n) is 3.36. The number of carbonyl (C=O) groups excluding carboxylic acids is 2. The topological polar surface area (TPSA) is 84.0 Å². The van der Waals surface area contributed by atoms with Crippen LogP contribution in [-0.2, 0) is 0 Å². The molecule has 1 aliphatic rings. The molecule has 2 aromatic rings. The van der Waals surface area contributed by atoms with Gasteiger partial charge in [-0.3, -0.25) is 20.4 Å². The minimum atomic E-state index is -0.727. The van der Waals surface area contributed by atoms with Crippen LogP contribution in [0.1, 0.15) is 59.8 Å². The fraction of sp³-hybridized carbons (Fsp3) is 0.368. The zero-order chi connectivity index (χ0) is 19.4. The van der Waals surface area contributed by atoms with E-state index >= 15 is 0 Å². The summed E-state index contributed by atoms with van der Waals surface area (Å²) in [6, 6.07) is 3.95. The van der Waals surface area contributed by atoms with Crippen LogP contribution in [0.4, 0.5) is 10.6 Å². The molecule has 1 saturated carbocycles. The number of nitrogens with one attached hydrogen (secondary N) is 2. The van der Waals surface area contributed by atoms with Crippen LogP contribution in [0.2, 0.25) is 10.0 Å². The van der Waals surface area contributed by atoms with E-state index in [4.69, 9.17) is 23.2 Å². The van der Waals surface area contributed by atoms with E-state index in [1.165, 1.54) is 37.6 Å². The molecule has 1 aromatic heterocycles. The lowest BCUT2D eigenvalue weighted by molar-refractivity contribution is 0.0967. The maximum Gasteiger partial charge on any atom is 0.327 e. The van der Waals surface area contributed by atoms with Crippen molar-refractivity contribution >= 4 is 41.0 Å². The molecule has 142 valence electrons.